The summed E-state index contributed by atoms with van der Waals surface area (Å²) in [5.41, 5.74) is 2.62. The molecule has 0 saturated heterocycles. The van der Waals surface area contributed by atoms with Crippen LogP contribution in [0.25, 0.3) is 0 Å². The highest BCUT2D eigenvalue weighted by Gasteiger charge is 2.49. The van der Waals surface area contributed by atoms with Crippen LogP contribution in [0.1, 0.15) is 17.5 Å². The second-order valence-corrected chi connectivity index (χ2v) is 5.38. The molecule has 3 rings (SSSR count). The fourth-order valence-corrected chi connectivity index (χ4v) is 2.86. The van der Waals surface area contributed by atoms with E-state index in [4.69, 9.17) is 5.11 Å². The molecule has 100 valence electrons. The van der Waals surface area contributed by atoms with E-state index in [1.807, 2.05) is 17.0 Å². The average molecular weight is 259 g/mol. The lowest BCUT2D eigenvalue weighted by Gasteiger charge is -2.20. The number of rotatable bonds is 2. The van der Waals surface area contributed by atoms with Crippen LogP contribution in [0.3, 0.4) is 0 Å². The number of fused-ring (bicyclic) bond motifs is 1. The average Bonchev–Trinajstić information content (AvgIpc) is 3.21. The monoisotopic (exact) mass is 259 g/mol. The summed E-state index contributed by atoms with van der Waals surface area (Å²) >= 11 is 0. The second kappa shape index (κ2) is 4.68. The summed E-state index contributed by atoms with van der Waals surface area (Å²) in [5, 5.41) is 8.90. The number of benzene rings is 1. The van der Waals surface area contributed by atoms with Crippen LogP contribution in [0.4, 0.5) is 0 Å². The van der Waals surface area contributed by atoms with Gasteiger partial charge in [-0.3, -0.25) is 9.59 Å². The zero-order valence-corrected chi connectivity index (χ0v) is 10.7. The van der Waals surface area contributed by atoms with Crippen molar-refractivity contribution in [3.05, 3.63) is 35.4 Å². The highest BCUT2D eigenvalue weighted by atomic mass is 16.4. The maximum atomic E-state index is 12.2. The van der Waals surface area contributed by atoms with Crippen molar-refractivity contribution >= 4 is 11.9 Å². The minimum Gasteiger partial charge on any atom is -0.481 e. The summed E-state index contributed by atoms with van der Waals surface area (Å²) in [6, 6.07) is 8.27. The van der Waals surface area contributed by atoms with Crippen LogP contribution in [-0.2, 0) is 22.4 Å². The summed E-state index contributed by atoms with van der Waals surface area (Å²) in [6.07, 6.45) is 2.25. The van der Waals surface area contributed by atoms with E-state index in [9.17, 15) is 9.59 Å². The number of hydrogen-bond acceptors (Lipinski definition) is 2. The summed E-state index contributed by atoms with van der Waals surface area (Å²) in [6.45, 7) is 1.41. The van der Waals surface area contributed by atoms with Gasteiger partial charge in [-0.2, -0.15) is 0 Å². The molecule has 1 N–H and O–H groups in total. The topological polar surface area (TPSA) is 57.6 Å². The minimum atomic E-state index is -0.837. The molecule has 1 aliphatic heterocycles. The van der Waals surface area contributed by atoms with Crippen LogP contribution >= 0.6 is 0 Å². The van der Waals surface area contributed by atoms with Crippen molar-refractivity contribution in [3.8, 4) is 0 Å². The molecule has 1 aromatic rings. The molecule has 1 amide bonds. The molecule has 0 unspecified atom stereocenters. The van der Waals surface area contributed by atoms with Crippen LogP contribution in [0.2, 0.25) is 0 Å². The number of carboxylic acids is 1. The number of amides is 1. The third kappa shape index (κ3) is 2.35. The first kappa shape index (κ1) is 12.2. The van der Waals surface area contributed by atoms with Crippen molar-refractivity contribution in [1.82, 2.24) is 4.90 Å². The largest absolute Gasteiger partial charge is 0.481 e. The SMILES string of the molecule is O=C(O)[C@H]1C[C@H]1C(=O)N1CCc2ccccc2CC1. The molecule has 0 bridgehead atoms. The van der Waals surface area contributed by atoms with Gasteiger partial charge in [-0.15, -0.1) is 0 Å². The molecule has 4 heteroatoms. The molecule has 1 heterocycles. The van der Waals surface area contributed by atoms with E-state index in [0.717, 1.165) is 12.8 Å². The van der Waals surface area contributed by atoms with Crippen LogP contribution < -0.4 is 0 Å². The molecule has 1 aromatic carbocycles. The predicted molar refractivity (Wildman–Crippen MR) is 69.7 cm³/mol. The number of nitrogens with zero attached hydrogens (tertiary/aromatic N) is 1. The maximum absolute atomic E-state index is 12.2. The molecule has 19 heavy (non-hydrogen) atoms. The van der Waals surface area contributed by atoms with Gasteiger partial charge in [0.1, 0.15) is 0 Å². The van der Waals surface area contributed by atoms with E-state index < -0.39 is 11.9 Å². The molecular weight excluding hydrogens is 242 g/mol. The zero-order chi connectivity index (χ0) is 13.4. The minimum absolute atomic E-state index is 0.0280. The summed E-state index contributed by atoms with van der Waals surface area (Å²) in [7, 11) is 0. The van der Waals surface area contributed by atoms with Crippen molar-refractivity contribution in [2.75, 3.05) is 13.1 Å². The lowest BCUT2D eigenvalue weighted by atomic mass is 10.0. The molecule has 2 atom stereocenters. The van der Waals surface area contributed by atoms with Crippen molar-refractivity contribution in [3.63, 3.8) is 0 Å². The number of carboxylic acid groups (broad SMARTS) is 1. The summed E-state index contributed by atoms with van der Waals surface area (Å²) < 4.78 is 0. The highest BCUT2D eigenvalue weighted by Crippen LogP contribution is 2.40. The number of aliphatic carboxylic acids is 1. The maximum Gasteiger partial charge on any atom is 0.307 e. The van der Waals surface area contributed by atoms with Crippen LogP contribution in [0.15, 0.2) is 24.3 Å². The molecule has 1 aliphatic carbocycles. The van der Waals surface area contributed by atoms with Gasteiger partial charge in [-0.25, -0.2) is 0 Å². The normalized spacial score (nSPS) is 25.4. The fourth-order valence-electron chi connectivity index (χ4n) is 2.86. The third-order valence-electron chi connectivity index (χ3n) is 4.16. The Labute approximate surface area is 112 Å². The van der Waals surface area contributed by atoms with Gasteiger partial charge in [0.25, 0.3) is 0 Å². The van der Waals surface area contributed by atoms with E-state index in [2.05, 4.69) is 12.1 Å². The molecule has 0 spiro atoms. The quantitative estimate of drug-likeness (QED) is 0.871. The van der Waals surface area contributed by atoms with Crippen LogP contribution in [-0.4, -0.2) is 35.0 Å². The van der Waals surface area contributed by atoms with Gasteiger partial charge < -0.3 is 10.0 Å². The van der Waals surface area contributed by atoms with Crippen molar-refractivity contribution in [2.24, 2.45) is 11.8 Å². The van der Waals surface area contributed by atoms with E-state index in [1.54, 1.807) is 0 Å². The molecule has 0 aromatic heterocycles. The van der Waals surface area contributed by atoms with Crippen molar-refractivity contribution in [1.29, 1.82) is 0 Å². The van der Waals surface area contributed by atoms with E-state index >= 15 is 0 Å². The fraction of sp³-hybridized carbons (Fsp3) is 0.467. The van der Waals surface area contributed by atoms with Crippen LogP contribution in [0, 0.1) is 11.8 Å². The molecule has 1 fully saturated rings. The first-order valence-electron chi connectivity index (χ1n) is 6.75. The van der Waals surface area contributed by atoms with Gasteiger partial charge >= 0.3 is 5.97 Å². The Morgan fingerprint density at radius 1 is 1.05 bits per heavy atom. The predicted octanol–water partition coefficient (Wildman–Crippen LogP) is 1.33. The first-order valence-corrected chi connectivity index (χ1v) is 6.75. The van der Waals surface area contributed by atoms with Gasteiger partial charge in [0, 0.05) is 13.1 Å². The Hall–Kier alpha value is -1.84. The highest BCUT2D eigenvalue weighted by molar-refractivity contribution is 5.89. The van der Waals surface area contributed by atoms with E-state index in [1.165, 1.54) is 11.1 Å². The summed E-state index contributed by atoms with van der Waals surface area (Å²) in [4.78, 5) is 24.9. The van der Waals surface area contributed by atoms with Gasteiger partial charge in [0.05, 0.1) is 11.8 Å². The Morgan fingerprint density at radius 3 is 2.11 bits per heavy atom. The number of hydrogen-bond donors (Lipinski definition) is 1. The molecule has 1 saturated carbocycles. The standard InChI is InChI=1S/C15H17NO3/c17-14(12-9-13(12)15(18)19)16-7-5-10-3-1-2-4-11(10)6-8-16/h1-4,12-13H,5-9H2,(H,18,19)/t12-,13+/m1/s1. The summed E-state index contributed by atoms with van der Waals surface area (Å²) in [5.74, 6) is -1.53. The van der Waals surface area contributed by atoms with Crippen molar-refractivity contribution < 1.29 is 14.7 Å². The smallest absolute Gasteiger partial charge is 0.307 e. The zero-order valence-electron chi connectivity index (χ0n) is 10.7. The number of carbonyl (C=O) groups is 2. The van der Waals surface area contributed by atoms with E-state index in [0.29, 0.717) is 19.5 Å². The second-order valence-electron chi connectivity index (χ2n) is 5.38. The molecular formula is C15H17NO3. The third-order valence-corrected chi connectivity index (χ3v) is 4.16. The lowest BCUT2D eigenvalue weighted by molar-refractivity contribution is -0.142. The van der Waals surface area contributed by atoms with E-state index in [-0.39, 0.29) is 11.8 Å². The molecule has 2 aliphatic rings. The Morgan fingerprint density at radius 2 is 1.63 bits per heavy atom. The van der Waals surface area contributed by atoms with Gasteiger partial charge in [-0.1, -0.05) is 24.3 Å². The first-order chi connectivity index (χ1) is 9.16. The lowest BCUT2D eigenvalue weighted by Crippen LogP contribution is -2.35. The van der Waals surface area contributed by atoms with Gasteiger partial charge in [0.2, 0.25) is 5.91 Å². The molecule has 4 nitrogen and oxygen atoms in total. The van der Waals surface area contributed by atoms with Gasteiger partial charge in [-0.05, 0) is 30.4 Å². The molecule has 0 radical (unpaired) electrons. The Kier molecular flexibility index (Phi) is 3.01. The Bertz CT molecular complexity index is 499. The Balaban J connectivity index is 1.66. The van der Waals surface area contributed by atoms with Gasteiger partial charge in [0.15, 0.2) is 0 Å². The van der Waals surface area contributed by atoms with Crippen LogP contribution in [0.5, 0.6) is 0 Å². The van der Waals surface area contributed by atoms with Crippen molar-refractivity contribution in [2.45, 2.75) is 19.3 Å². The number of carbonyl (C=O) groups excluding carboxylic acids is 1.